The lowest BCUT2D eigenvalue weighted by molar-refractivity contribution is -0.134. The molecule has 0 aliphatic heterocycles. The number of nitrogens with one attached hydrogen (secondary N) is 1. The van der Waals surface area contributed by atoms with E-state index in [1.54, 1.807) is 6.92 Å². The molecule has 2 atom stereocenters. The van der Waals surface area contributed by atoms with Gasteiger partial charge in [-0.1, -0.05) is 26.2 Å². The van der Waals surface area contributed by atoms with Crippen LogP contribution >= 0.6 is 0 Å². The molecule has 0 saturated heterocycles. The van der Waals surface area contributed by atoms with Crippen LogP contribution in [-0.2, 0) is 9.59 Å². The molecule has 1 N–H and O–H groups in total. The van der Waals surface area contributed by atoms with Crippen LogP contribution in [0.25, 0.3) is 0 Å². The van der Waals surface area contributed by atoms with E-state index >= 15 is 0 Å². The molecule has 0 radical (unpaired) electrons. The van der Waals surface area contributed by atoms with E-state index in [1.807, 2.05) is 0 Å². The first-order valence-electron chi connectivity index (χ1n) is 8.53. The summed E-state index contributed by atoms with van der Waals surface area (Å²) in [5.41, 5.74) is 0. The van der Waals surface area contributed by atoms with Crippen LogP contribution in [0.15, 0.2) is 0 Å². The van der Waals surface area contributed by atoms with Crippen LogP contribution in [0.5, 0.6) is 0 Å². The summed E-state index contributed by atoms with van der Waals surface area (Å²) in [4.78, 5) is 26.2. The van der Waals surface area contributed by atoms with E-state index in [-0.39, 0.29) is 23.5 Å². The van der Waals surface area contributed by atoms with Crippen molar-refractivity contribution < 1.29 is 9.59 Å². The molecule has 1 rings (SSSR count). The molecule has 1 aliphatic rings. The number of carbonyl (C=O) groups excluding carboxylic acids is 2. The average molecular weight is 296 g/mol. The van der Waals surface area contributed by atoms with E-state index in [1.165, 1.54) is 12.8 Å². The van der Waals surface area contributed by atoms with Gasteiger partial charge >= 0.3 is 0 Å². The first kappa shape index (κ1) is 18.1. The SMILES string of the molecule is CCCCN(C)CCCNC(=O)[C@H]1CCCC[C@H]1C(C)=O. The van der Waals surface area contributed by atoms with Crippen molar-refractivity contribution in [2.45, 2.75) is 58.8 Å². The summed E-state index contributed by atoms with van der Waals surface area (Å²) < 4.78 is 0. The zero-order valence-corrected chi connectivity index (χ0v) is 14.0. The third kappa shape index (κ3) is 6.60. The van der Waals surface area contributed by atoms with Gasteiger partial charge in [0, 0.05) is 18.4 Å². The van der Waals surface area contributed by atoms with Crippen LogP contribution in [0.2, 0.25) is 0 Å². The lowest BCUT2D eigenvalue weighted by atomic mass is 9.77. The summed E-state index contributed by atoms with van der Waals surface area (Å²) in [6.45, 7) is 6.68. The quantitative estimate of drug-likeness (QED) is 0.665. The predicted octanol–water partition coefficient (Wildman–Crippen LogP) is 2.62. The molecule has 0 aromatic heterocycles. The Hall–Kier alpha value is -0.900. The fourth-order valence-corrected chi connectivity index (χ4v) is 3.16. The largest absolute Gasteiger partial charge is 0.356 e. The van der Waals surface area contributed by atoms with E-state index < -0.39 is 0 Å². The second kappa shape index (κ2) is 9.93. The summed E-state index contributed by atoms with van der Waals surface area (Å²) in [5.74, 6) is 0.125. The molecule has 0 aromatic carbocycles. The highest BCUT2D eigenvalue weighted by Gasteiger charge is 2.33. The Morgan fingerprint density at radius 2 is 1.71 bits per heavy atom. The molecule has 0 spiro atoms. The number of unbranched alkanes of at least 4 members (excludes halogenated alkanes) is 1. The van der Waals surface area contributed by atoms with Gasteiger partial charge in [0.2, 0.25) is 5.91 Å². The van der Waals surface area contributed by atoms with Gasteiger partial charge in [0.25, 0.3) is 0 Å². The summed E-state index contributed by atoms with van der Waals surface area (Å²) in [7, 11) is 2.13. The first-order valence-corrected chi connectivity index (χ1v) is 8.53. The molecule has 4 heteroatoms. The van der Waals surface area contributed by atoms with Crippen molar-refractivity contribution in [3.63, 3.8) is 0 Å². The fraction of sp³-hybridized carbons (Fsp3) is 0.882. The first-order chi connectivity index (χ1) is 10.1. The van der Waals surface area contributed by atoms with E-state index in [0.29, 0.717) is 0 Å². The lowest BCUT2D eigenvalue weighted by Crippen LogP contribution is -2.40. The Bertz CT molecular complexity index is 331. The Morgan fingerprint density at radius 1 is 1.10 bits per heavy atom. The summed E-state index contributed by atoms with van der Waals surface area (Å²) in [5, 5.41) is 3.03. The van der Waals surface area contributed by atoms with E-state index in [0.717, 1.165) is 51.7 Å². The van der Waals surface area contributed by atoms with Gasteiger partial charge in [-0.15, -0.1) is 0 Å². The summed E-state index contributed by atoms with van der Waals surface area (Å²) in [6, 6.07) is 0. The minimum Gasteiger partial charge on any atom is -0.356 e. The second-order valence-electron chi connectivity index (χ2n) is 6.41. The van der Waals surface area contributed by atoms with Gasteiger partial charge in [-0.3, -0.25) is 9.59 Å². The number of hydrogen-bond donors (Lipinski definition) is 1. The van der Waals surface area contributed by atoms with Crippen molar-refractivity contribution in [2.75, 3.05) is 26.7 Å². The minimum atomic E-state index is -0.0888. The average Bonchev–Trinajstić information content (AvgIpc) is 2.49. The van der Waals surface area contributed by atoms with Crippen molar-refractivity contribution >= 4 is 11.7 Å². The van der Waals surface area contributed by atoms with E-state index in [4.69, 9.17) is 0 Å². The maximum Gasteiger partial charge on any atom is 0.223 e. The monoisotopic (exact) mass is 296 g/mol. The number of Topliss-reactive ketones (excluding diaryl/α,β-unsaturated/α-hetero) is 1. The number of nitrogens with zero attached hydrogens (tertiary/aromatic N) is 1. The van der Waals surface area contributed by atoms with Crippen molar-refractivity contribution in [1.82, 2.24) is 10.2 Å². The highest BCUT2D eigenvalue weighted by molar-refractivity contribution is 5.87. The maximum atomic E-state index is 12.3. The topological polar surface area (TPSA) is 49.4 Å². The molecular weight excluding hydrogens is 264 g/mol. The van der Waals surface area contributed by atoms with Crippen LogP contribution in [0.1, 0.15) is 58.8 Å². The standard InChI is InChI=1S/C17H32N2O2/c1-4-5-12-19(3)13-8-11-18-17(21)16-10-7-6-9-15(16)14(2)20/h15-16H,4-13H2,1-3H3,(H,18,21)/t15-,16-/m0/s1. The zero-order valence-electron chi connectivity index (χ0n) is 14.0. The normalized spacial score (nSPS) is 22.3. The molecule has 1 aliphatic carbocycles. The van der Waals surface area contributed by atoms with Gasteiger partial charge in [-0.25, -0.2) is 0 Å². The van der Waals surface area contributed by atoms with Crippen LogP contribution in [0.3, 0.4) is 0 Å². The van der Waals surface area contributed by atoms with E-state index in [9.17, 15) is 9.59 Å². The Balaban J connectivity index is 2.24. The molecule has 1 saturated carbocycles. The zero-order chi connectivity index (χ0) is 15.7. The van der Waals surface area contributed by atoms with Gasteiger partial charge in [-0.05, 0) is 52.7 Å². The molecule has 1 fully saturated rings. The van der Waals surface area contributed by atoms with Crippen molar-refractivity contribution in [3.05, 3.63) is 0 Å². The Labute approximate surface area is 129 Å². The number of rotatable bonds is 9. The second-order valence-corrected chi connectivity index (χ2v) is 6.41. The van der Waals surface area contributed by atoms with Crippen LogP contribution < -0.4 is 5.32 Å². The van der Waals surface area contributed by atoms with Crippen LogP contribution in [0, 0.1) is 11.8 Å². The lowest BCUT2D eigenvalue weighted by Gasteiger charge is -2.28. The molecule has 0 unspecified atom stereocenters. The molecule has 122 valence electrons. The maximum absolute atomic E-state index is 12.3. The number of hydrogen-bond acceptors (Lipinski definition) is 3. The number of carbonyl (C=O) groups is 2. The molecule has 0 heterocycles. The highest BCUT2D eigenvalue weighted by atomic mass is 16.2. The molecule has 0 aromatic rings. The van der Waals surface area contributed by atoms with Crippen LogP contribution in [0.4, 0.5) is 0 Å². The molecule has 21 heavy (non-hydrogen) atoms. The third-order valence-electron chi connectivity index (χ3n) is 4.53. The summed E-state index contributed by atoms with van der Waals surface area (Å²) in [6.07, 6.45) is 7.32. The van der Waals surface area contributed by atoms with Crippen molar-refractivity contribution in [1.29, 1.82) is 0 Å². The molecule has 0 bridgehead atoms. The van der Waals surface area contributed by atoms with Gasteiger partial charge < -0.3 is 10.2 Å². The Morgan fingerprint density at radius 3 is 2.33 bits per heavy atom. The van der Waals surface area contributed by atoms with E-state index in [2.05, 4.69) is 24.2 Å². The van der Waals surface area contributed by atoms with Crippen molar-refractivity contribution in [3.8, 4) is 0 Å². The number of amides is 1. The van der Waals surface area contributed by atoms with Gasteiger partial charge in [-0.2, -0.15) is 0 Å². The highest BCUT2D eigenvalue weighted by Crippen LogP contribution is 2.30. The van der Waals surface area contributed by atoms with Crippen LogP contribution in [-0.4, -0.2) is 43.3 Å². The smallest absolute Gasteiger partial charge is 0.223 e. The van der Waals surface area contributed by atoms with Gasteiger partial charge in [0.05, 0.1) is 0 Å². The minimum absolute atomic E-state index is 0.0500. The van der Waals surface area contributed by atoms with Gasteiger partial charge in [0.1, 0.15) is 5.78 Å². The van der Waals surface area contributed by atoms with Gasteiger partial charge in [0.15, 0.2) is 0 Å². The molecule has 4 nitrogen and oxygen atoms in total. The molecule has 1 amide bonds. The fourth-order valence-electron chi connectivity index (χ4n) is 3.16. The van der Waals surface area contributed by atoms with Crippen molar-refractivity contribution in [2.24, 2.45) is 11.8 Å². The number of ketones is 1. The Kier molecular flexibility index (Phi) is 8.58. The summed E-state index contributed by atoms with van der Waals surface area (Å²) >= 11 is 0. The third-order valence-corrected chi connectivity index (χ3v) is 4.53. The predicted molar refractivity (Wildman–Crippen MR) is 86.2 cm³/mol. The molecular formula is C17H32N2O2.